The summed E-state index contributed by atoms with van der Waals surface area (Å²) in [6.45, 7) is 4.50. The molecule has 1 aromatic heterocycles. The molecule has 18 heavy (non-hydrogen) atoms. The van der Waals surface area contributed by atoms with Crippen molar-refractivity contribution < 1.29 is 4.52 Å². The molecular weight excluding hydrogens is 226 g/mol. The van der Waals surface area contributed by atoms with E-state index in [4.69, 9.17) is 4.52 Å². The zero-order valence-corrected chi connectivity index (χ0v) is 11.2. The van der Waals surface area contributed by atoms with Crippen LogP contribution in [0.1, 0.15) is 69.0 Å². The molecule has 2 fully saturated rings. The highest BCUT2D eigenvalue weighted by atomic mass is 16.5. The van der Waals surface area contributed by atoms with Crippen LogP contribution in [0, 0.1) is 5.92 Å². The third-order valence-electron chi connectivity index (χ3n) is 4.53. The second kappa shape index (κ2) is 5.39. The summed E-state index contributed by atoms with van der Waals surface area (Å²) >= 11 is 0. The van der Waals surface area contributed by atoms with E-state index in [9.17, 15) is 0 Å². The van der Waals surface area contributed by atoms with Gasteiger partial charge in [-0.15, -0.1) is 0 Å². The van der Waals surface area contributed by atoms with Crippen LogP contribution in [-0.4, -0.2) is 23.2 Å². The summed E-state index contributed by atoms with van der Waals surface area (Å²) in [6, 6.07) is 0. The lowest BCUT2D eigenvalue weighted by Crippen LogP contribution is -2.27. The Kier molecular flexibility index (Phi) is 3.64. The summed E-state index contributed by atoms with van der Waals surface area (Å²) in [5.41, 5.74) is 0. The van der Waals surface area contributed by atoms with Crippen LogP contribution in [0.25, 0.3) is 0 Å². The van der Waals surface area contributed by atoms with Crippen LogP contribution < -0.4 is 5.32 Å². The van der Waals surface area contributed by atoms with Crippen molar-refractivity contribution in [2.75, 3.05) is 13.1 Å². The number of nitrogens with one attached hydrogen (secondary N) is 1. The van der Waals surface area contributed by atoms with E-state index in [1.54, 1.807) is 0 Å². The number of rotatable bonds is 2. The zero-order chi connectivity index (χ0) is 12.4. The predicted molar refractivity (Wildman–Crippen MR) is 69.5 cm³/mol. The molecule has 1 saturated heterocycles. The topological polar surface area (TPSA) is 51.0 Å². The molecular formula is C14H23N3O. The average Bonchev–Trinajstić information content (AvgIpc) is 2.90. The van der Waals surface area contributed by atoms with Gasteiger partial charge in [0.2, 0.25) is 5.89 Å². The Bertz CT molecular complexity index is 376. The normalized spacial score (nSPS) is 30.5. The number of piperidine rings is 1. The first-order valence-electron chi connectivity index (χ1n) is 7.37. The van der Waals surface area contributed by atoms with E-state index in [0.29, 0.717) is 11.8 Å². The molecule has 0 atom stereocenters. The monoisotopic (exact) mass is 249 g/mol. The number of hydrogen-bond donors (Lipinski definition) is 1. The quantitative estimate of drug-likeness (QED) is 0.875. The van der Waals surface area contributed by atoms with Gasteiger partial charge in [-0.2, -0.15) is 4.98 Å². The third-order valence-corrected chi connectivity index (χ3v) is 4.53. The van der Waals surface area contributed by atoms with Crippen LogP contribution >= 0.6 is 0 Å². The van der Waals surface area contributed by atoms with Crippen LogP contribution in [0.4, 0.5) is 0 Å². The van der Waals surface area contributed by atoms with Crippen molar-refractivity contribution in [2.24, 2.45) is 5.92 Å². The van der Waals surface area contributed by atoms with E-state index < -0.39 is 0 Å². The molecule has 4 heteroatoms. The molecule has 1 aromatic rings. The SMILES string of the molecule is CC1CCC(c2nc(C3CCNCC3)no2)CC1. The maximum Gasteiger partial charge on any atom is 0.229 e. The molecule has 0 unspecified atom stereocenters. The Morgan fingerprint density at radius 1 is 1.00 bits per heavy atom. The van der Waals surface area contributed by atoms with E-state index in [1.165, 1.54) is 25.7 Å². The maximum atomic E-state index is 5.51. The molecule has 0 amide bonds. The van der Waals surface area contributed by atoms with Gasteiger partial charge in [-0.3, -0.25) is 0 Å². The van der Waals surface area contributed by atoms with Crippen molar-refractivity contribution in [1.29, 1.82) is 0 Å². The van der Waals surface area contributed by atoms with E-state index in [1.807, 2.05) is 0 Å². The molecule has 3 rings (SSSR count). The van der Waals surface area contributed by atoms with Gasteiger partial charge >= 0.3 is 0 Å². The van der Waals surface area contributed by atoms with Crippen molar-refractivity contribution in [2.45, 2.75) is 57.3 Å². The van der Waals surface area contributed by atoms with Gasteiger partial charge in [0.25, 0.3) is 0 Å². The summed E-state index contributed by atoms with van der Waals surface area (Å²) in [5, 5.41) is 7.59. The van der Waals surface area contributed by atoms with E-state index in [2.05, 4.69) is 22.4 Å². The average molecular weight is 249 g/mol. The fourth-order valence-corrected chi connectivity index (χ4v) is 3.17. The molecule has 4 nitrogen and oxygen atoms in total. The van der Waals surface area contributed by atoms with Crippen LogP contribution in [-0.2, 0) is 0 Å². The Labute approximate surface area is 109 Å². The highest BCUT2D eigenvalue weighted by Crippen LogP contribution is 2.35. The summed E-state index contributed by atoms with van der Waals surface area (Å²) < 4.78 is 5.51. The van der Waals surface area contributed by atoms with Gasteiger partial charge < -0.3 is 9.84 Å². The lowest BCUT2D eigenvalue weighted by atomic mass is 9.83. The molecule has 2 aliphatic rings. The first kappa shape index (κ1) is 12.2. The van der Waals surface area contributed by atoms with Crippen molar-refractivity contribution in [1.82, 2.24) is 15.5 Å². The van der Waals surface area contributed by atoms with Gasteiger partial charge in [0.1, 0.15) is 0 Å². The van der Waals surface area contributed by atoms with Gasteiger partial charge in [0.05, 0.1) is 0 Å². The molecule has 0 spiro atoms. The molecule has 0 radical (unpaired) electrons. The fourth-order valence-electron chi connectivity index (χ4n) is 3.17. The lowest BCUT2D eigenvalue weighted by molar-refractivity contribution is 0.279. The highest BCUT2D eigenvalue weighted by molar-refractivity contribution is 5.01. The number of hydrogen-bond acceptors (Lipinski definition) is 4. The second-order valence-corrected chi connectivity index (χ2v) is 5.97. The summed E-state index contributed by atoms with van der Waals surface area (Å²) in [4.78, 5) is 4.68. The van der Waals surface area contributed by atoms with E-state index in [0.717, 1.165) is 43.6 Å². The van der Waals surface area contributed by atoms with Gasteiger partial charge in [0.15, 0.2) is 5.82 Å². The first-order valence-corrected chi connectivity index (χ1v) is 7.37. The van der Waals surface area contributed by atoms with Crippen LogP contribution in [0.15, 0.2) is 4.52 Å². The minimum absolute atomic E-state index is 0.506. The molecule has 0 bridgehead atoms. The fraction of sp³-hybridized carbons (Fsp3) is 0.857. The van der Waals surface area contributed by atoms with Gasteiger partial charge in [-0.1, -0.05) is 12.1 Å². The van der Waals surface area contributed by atoms with Crippen LogP contribution in [0.3, 0.4) is 0 Å². The second-order valence-electron chi connectivity index (χ2n) is 5.97. The minimum Gasteiger partial charge on any atom is -0.339 e. The summed E-state index contributed by atoms with van der Waals surface area (Å²) in [5.74, 6) is 3.74. The van der Waals surface area contributed by atoms with Crippen molar-refractivity contribution in [3.05, 3.63) is 11.7 Å². The molecule has 0 aromatic carbocycles. The molecule has 1 saturated carbocycles. The van der Waals surface area contributed by atoms with E-state index in [-0.39, 0.29) is 0 Å². The first-order chi connectivity index (χ1) is 8.83. The van der Waals surface area contributed by atoms with Crippen molar-refractivity contribution in [3.63, 3.8) is 0 Å². The van der Waals surface area contributed by atoms with Crippen LogP contribution in [0.2, 0.25) is 0 Å². The molecule has 1 aliphatic heterocycles. The number of nitrogens with zero attached hydrogens (tertiary/aromatic N) is 2. The minimum atomic E-state index is 0.506. The zero-order valence-electron chi connectivity index (χ0n) is 11.2. The van der Waals surface area contributed by atoms with Gasteiger partial charge in [-0.05, 0) is 57.5 Å². The van der Waals surface area contributed by atoms with Crippen LogP contribution in [0.5, 0.6) is 0 Å². The van der Waals surface area contributed by atoms with Gasteiger partial charge in [-0.25, -0.2) is 0 Å². The molecule has 100 valence electrons. The van der Waals surface area contributed by atoms with Gasteiger partial charge in [0, 0.05) is 11.8 Å². The Hall–Kier alpha value is -0.900. The Morgan fingerprint density at radius 3 is 2.44 bits per heavy atom. The molecule has 1 aliphatic carbocycles. The van der Waals surface area contributed by atoms with E-state index >= 15 is 0 Å². The lowest BCUT2D eigenvalue weighted by Gasteiger charge is -2.23. The third kappa shape index (κ3) is 2.58. The number of aromatic nitrogens is 2. The smallest absolute Gasteiger partial charge is 0.229 e. The largest absolute Gasteiger partial charge is 0.339 e. The standard InChI is InChI=1S/C14H23N3O/c1-10-2-4-12(5-3-10)14-16-13(17-18-14)11-6-8-15-9-7-11/h10-12,15H,2-9H2,1H3. The van der Waals surface area contributed by atoms with Crippen molar-refractivity contribution in [3.8, 4) is 0 Å². The Morgan fingerprint density at radius 2 is 1.72 bits per heavy atom. The summed E-state index contributed by atoms with van der Waals surface area (Å²) in [6.07, 6.45) is 7.32. The maximum absolute atomic E-state index is 5.51. The van der Waals surface area contributed by atoms with Crippen molar-refractivity contribution >= 4 is 0 Å². The molecule has 2 heterocycles. The summed E-state index contributed by atoms with van der Waals surface area (Å²) in [7, 11) is 0. The highest BCUT2D eigenvalue weighted by Gasteiger charge is 2.26. The molecule has 1 N–H and O–H groups in total. The predicted octanol–water partition coefficient (Wildman–Crippen LogP) is 2.83. The Balaban J connectivity index is 1.65.